The molecular weight excluding hydrogens is 260 g/mol. The number of nitrogen functional groups attached to an aromatic ring is 1. The van der Waals surface area contributed by atoms with Crippen LogP contribution in [0.4, 0.5) is 11.4 Å². The van der Waals surface area contributed by atoms with Crippen molar-refractivity contribution in [2.75, 3.05) is 19.1 Å². The number of nitrogens with two attached hydrogens (primary N) is 1. The first-order chi connectivity index (χ1) is 9.52. The SMILES string of the molecule is CC1OCCC1N(C)Cc1ccc([N+](=O)[O-])c(NN)c1. The summed E-state index contributed by atoms with van der Waals surface area (Å²) in [6, 6.07) is 5.33. The monoisotopic (exact) mass is 280 g/mol. The minimum absolute atomic E-state index is 0.0172. The Morgan fingerprint density at radius 1 is 1.60 bits per heavy atom. The van der Waals surface area contributed by atoms with Gasteiger partial charge >= 0.3 is 0 Å². The topological polar surface area (TPSA) is 93.7 Å². The van der Waals surface area contributed by atoms with Gasteiger partial charge in [0.25, 0.3) is 5.69 Å². The molecule has 3 N–H and O–H groups in total. The van der Waals surface area contributed by atoms with Gasteiger partial charge < -0.3 is 10.2 Å². The first-order valence-corrected chi connectivity index (χ1v) is 6.58. The Morgan fingerprint density at radius 2 is 2.35 bits per heavy atom. The number of ether oxygens (including phenoxy) is 1. The van der Waals surface area contributed by atoms with Crippen molar-refractivity contribution >= 4 is 11.4 Å². The fourth-order valence-electron chi connectivity index (χ4n) is 2.66. The molecule has 1 aliphatic heterocycles. The van der Waals surface area contributed by atoms with Gasteiger partial charge in [-0.15, -0.1) is 0 Å². The molecule has 1 saturated heterocycles. The first kappa shape index (κ1) is 14.7. The molecule has 0 radical (unpaired) electrons. The van der Waals surface area contributed by atoms with Crippen LogP contribution in [-0.4, -0.2) is 35.6 Å². The van der Waals surface area contributed by atoms with E-state index in [1.165, 1.54) is 6.07 Å². The van der Waals surface area contributed by atoms with E-state index in [1.54, 1.807) is 12.1 Å². The van der Waals surface area contributed by atoms with Gasteiger partial charge in [0.1, 0.15) is 5.69 Å². The maximum Gasteiger partial charge on any atom is 0.293 e. The molecule has 0 amide bonds. The third-order valence-corrected chi connectivity index (χ3v) is 3.75. The fraction of sp³-hybridized carbons (Fsp3) is 0.538. The molecule has 7 heteroatoms. The molecule has 1 aliphatic rings. The van der Waals surface area contributed by atoms with E-state index in [0.29, 0.717) is 18.3 Å². The Morgan fingerprint density at radius 3 is 2.90 bits per heavy atom. The molecule has 0 spiro atoms. The van der Waals surface area contributed by atoms with Gasteiger partial charge in [0, 0.05) is 25.3 Å². The number of likely N-dealkylation sites (N-methyl/N-ethyl adjacent to an activating group) is 1. The Labute approximate surface area is 117 Å². The summed E-state index contributed by atoms with van der Waals surface area (Å²) in [5.74, 6) is 5.34. The Hall–Kier alpha value is -1.70. The largest absolute Gasteiger partial charge is 0.377 e. The van der Waals surface area contributed by atoms with Gasteiger partial charge in [-0.05, 0) is 32.0 Å². The summed E-state index contributed by atoms with van der Waals surface area (Å²) in [4.78, 5) is 12.6. The summed E-state index contributed by atoms with van der Waals surface area (Å²) in [7, 11) is 2.03. The van der Waals surface area contributed by atoms with E-state index in [1.807, 2.05) is 7.05 Å². The summed E-state index contributed by atoms with van der Waals surface area (Å²) in [5.41, 5.74) is 3.67. The van der Waals surface area contributed by atoms with Crippen LogP contribution in [0.3, 0.4) is 0 Å². The van der Waals surface area contributed by atoms with E-state index in [-0.39, 0.29) is 11.8 Å². The van der Waals surface area contributed by atoms with Crippen LogP contribution in [0.2, 0.25) is 0 Å². The highest BCUT2D eigenvalue weighted by Crippen LogP contribution is 2.26. The number of anilines is 1. The summed E-state index contributed by atoms with van der Waals surface area (Å²) >= 11 is 0. The Kier molecular flexibility index (Phi) is 4.53. The highest BCUT2D eigenvalue weighted by atomic mass is 16.6. The molecule has 1 heterocycles. The van der Waals surface area contributed by atoms with Crippen molar-refractivity contribution in [1.82, 2.24) is 4.90 Å². The Bertz CT molecular complexity index is 495. The summed E-state index contributed by atoms with van der Waals surface area (Å²) in [6.45, 7) is 3.55. The van der Waals surface area contributed by atoms with Crippen molar-refractivity contribution in [2.45, 2.75) is 32.0 Å². The molecule has 110 valence electrons. The van der Waals surface area contributed by atoms with Crippen molar-refractivity contribution in [2.24, 2.45) is 5.84 Å². The maximum atomic E-state index is 10.8. The number of nitrogens with zero attached hydrogens (tertiary/aromatic N) is 2. The molecule has 1 fully saturated rings. The number of hydrogen-bond acceptors (Lipinski definition) is 6. The second kappa shape index (κ2) is 6.17. The van der Waals surface area contributed by atoms with E-state index < -0.39 is 4.92 Å². The molecule has 0 aliphatic carbocycles. The van der Waals surface area contributed by atoms with Gasteiger partial charge in [-0.2, -0.15) is 0 Å². The zero-order valence-electron chi connectivity index (χ0n) is 11.7. The highest BCUT2D eigenvalue weighted by Gasteiger charge is 2.27. The van der Waals surface area contributed by atoms with Crippen LogP contribution in [0.15, 0.2) is 18.2 Å². The van der Waals surface area contributed by atoms with E-state index in [9.17, 15) is 10.1 Å². The normalized spacial score (nSPS) is 22.2. The molecule has 2 unspecified atom stereocenters. The maximum absolute atomic E-state index is 10.8. The lowest BCUT2D eigenvalue weighted by Crippen LogP contribution is -2.36. The van der Waals surface area contributed by atoms with Gasteiger partial charge in [0.2, 0.25) is 0 Å². The first-order valence-electron chi connectivity index (χ1n) is 6.58. The van der Waals surface area contributed by atoms with Gasteiger partial charge in [-0.1, -0.05) is 6.07 Å². The van der Waals surface area contributed by atoms with Crippen molar-refractivity contribution in [1.29, 1.82) is 0 Å². The number of rotatable bonds is 5. The number of nitrogens with one attached hydrogen (secondary N) is 1. The number of nitro groups is 1. The lowest BCUT2D eigenvalue weighted by Gasteiger charge is -2.26. The zero-order chi connectivity index (χ0) is 14.7. The van der Waals surface area contributed by atoms with Crippen molar-refractivity contribution in [3.8, 4) is 0 Å². The molecule has 2 atom stereocenters. The summed E-state index contributed by atoms with van der Waals surface area (Å²) in [5, 5.41) is 10.8. The summed E-state index contributed by atoms with van der Waals surface area (Å²) < 4.78 is 5.56. The van der Waals surface area contributed by atoms with E-state index >= 15 is 0 Å². The minimum atomic E-state index is -0.449. The average molecular weight is 280 g/mol. The van der Waals surface area contributed by atoms with Crippen LogP contribution < -0.4 is 11.3 Å². The van der Waals surface area contributed by atoms with Crippen LogP contribution in [0, 0.1) is 10.1 Å². The van der Waals surface area contributed by atoms with Crippen LogP contribution in [0.25, 0.3) is 0 Å². The van der Waals surface area contributed by atoms with Crippen LogP contribution in [0.1, 0.15) is 18.9 Å². The molecule has 2 rings (SSSR count). The standard InChI is InChI=1S/C13H20N4O3/c1-9-12(5-6-20-9)16(2)8-10-3-4-13(17(18)19)11(7-10)15-14/h3-4,7,9,12,15H,5-6,8,14H2,1-2H3. The van der Waals surface area contributed by atoms with Crippen molar-refractivity contribution in [3.63, 3.8) is 0 Å². The van der Waals surface area contributed by atoms with Crippen molar-refractivity contribution < 1.29 is 9.66 Å². The minimum Gasteiger partial charge on any atom is -0.377 e. The lowest BCUT2D eigenvalue weighted by atomic mass is 10.1. The predicted molar refractivity (Wildman–Crippen MR) is 76.2 cm³/mol. The summed E-state index contributed by atoms with van der Waals surface area (Å²) in [6.07, 6.45) is 1.22. The third-order valence-electron chi connectivity index (χ3n) is 3.75. The van der Waals surface area contributed by atoms with Crippen LogP contribution in [-0.2, 0) is 11.3 Å². The molecule has 0 aromatic heterocycles. The van der Waals surface area contributed by atoms with Crippen LogP contribution in [0.5, 0.6) is 0 Å². The molecule has 20 heavy (non-hydrogen) atoms. The van der Waals surface area contributed by atoms with Gasteiger partial charge in [-0.3, -0.25) is 20.9 Å². The smallest absolute Gasteiger partial charge is 0.293 e. The van der Waals surface area contributed by atoms with Crippen molar-refractivity contribution in [3.05, 3.63) is 33.9 Å². The Balaban J connectivity index is 2.11. The third kappa shape index (κ3) is 3.06. The fourth-order valence-corrected chi connectivity index (χ4v) is 2.66. The van der Waals surface area contributed by atoms with E-state index in [4.69, 9.17) is 10.6 Å². The molecule has 1 aromatic carbocycles. The zero-order valence-corrected chi connectivity index (χ0v) is 11.7. The quantitative estimate of drug-likeness (QED) is 0.482. The second-order valence-electron chi connectivity index (χ2n) is 5.10. The van der Waals surface area contributed by atoms with E-state index in [0.717, 1.165) is 18.6 Å². The molecule has 7 nitrogen and oxygen atoms in total. The molecule has 0 saturated carbocycles. The second-order valence-corrected chi connectivity index (χ2v) is 5.10. The van der Waals surface area contributed by atoms with E-state index in [2.05, 4.69) is 17.2 Å². The van der Waals surface area contributed by atoms with Crippen LogP contribution >= 0.6 is 0 Å². The lowest BCUT2D eigenvalue weighted by molar-refractivity contribution is -0.384. The highest BCUT2D eigenvalue weighted by molar-refractivity contribution is 5.62. The number of hydrazine groups is 1. The molecule has 0 bridgehead atoms. The van der Waals surface area contributed by atoms with Gasteiger partial charge in [-0.25, -0.2) is 0 Å². The number of benzene rings is 1. The molecule has 1 aromatic rings. The molecular formula is C13H20N4O3. The predicted octanol–water partition coefficient (Wildman–Crippen LogP) is 1.49. The number of hydrogen-bond donors (Lipinski definition) is 2. The van der Waals surface area contributed by atoms with Gasteiger partial charge in [0.15, 0.2) is 0 Å². The van der Waals surface area contributed by atoms with Gasteiger partial charge in [0.05, 0.1) is 11.0 Å². The average Bonchev–Trinajstić information content (AvgIpc) is 2.84. The number of nitro benzene ring substituents is 1.